The molecule has 3 aliphatic rings. The highest BCUT2D eigenvalue weighted by atomic mass is 35.5. The van der Waals surface area contributed by atoms with E-state index in [0.717, 1.165) is 37.8 Å². The van der Waals surface area contributed by atoms with E-state index in [1.54, 1.807) is 12.1 Å². The second-order valence-electron chi connectivity index (χ2n) is 7.75. The van der Waals surface area contributed by atoms with Crippen molar-refractivity contribution >= 4 is 23.4 Å². The van der Waals surface area contributed by atoms with E-state index in [1.807, 2.05) is 17.8 Å². The standard InChI is InChI=1S/C22H24ClF3N2S/c23-18-5-6-21-19(13-18)17(15-29-21)14-28-11-9-27(10-12-28)8-7-16-3-1-2-4-20(16)22(24,25)26/h1-6,13,15,19,21H,7-12,14H2. The first-order valence-electron chi connectivity index (χ1n) is 9.90. The molecule has 2 heterocycles. The first-order valence-corrected chi connectivity index (χ1v) is 11.2. The molecular weight excluding hydrogens is 417 g/mol. The van der Waals surface area contributed by atoms with Crippen LogP contribution in [-0.2, 0) is 12.6 Å². The van der Waals surface area contributed by atoms with Gasteiger partial charge in [-0.25, -0.2) is 0 Å². The summed E-state index contributed by atoms with van der Waals surface area (Å²) in [6.07, 6.45) is 2.44. The SMILES string of the molecule is FC(F)(F)c1ccccc1CCN1CCN(CC2=CSC3C=CC(Cl)=CC23)CC1. The number of allylic oxidation sites excluding steroid dienone is 3. The molecule has 0 aromatic heterocycles. The molecule has 2 atom stereocenters. The Bertz CT molecular complexity index is 826. The molecule has 1 aromatic carbocycles. The maximum absolute atomic E-state index is 13.2. The summed E-state index contributed by atoms with van der Waals surface area (Å²) in [6.45, 7) is 5.25. The van der Waals surface area contributed by atoms with Gasteiger partial charge in [0.2, 0.25) is 0 Å². The van der Waals surface area contributed by atoms with E-state index >= 15 is 0 Å². The van der Waals surface area contributed by atoms with Crippen LogP contribution in [0.4, 0.5) is 13.2 Å². The van der Waals surface area contributed by atoms with Crippen LogP contribution in [-0.4, -0.2) is 54.3 Å². The molecule has 1 aromatic rings. The third-order valence-corrected chi connectivity index (χ3v) is 7.29. The summed E-state index contributed by atoms with van der Waals surface area (Å²) in [4.78, 5) is 4.71. The maximum atomic E-state index is 13.2. The molecule has 2 unspecified atom stereocenters. The number of rotatable bonds is 5. The van der Waals surface area contributed by atoms with Gasteiger partial charge in [0.25, 0.3) is 0 Å². The van der Waals surface area contributed by atoms with Crippen molar-refractivity contribution in [1.29, 1.82) is 0 Å². The zero-order valence-electron chi connectivity index (χ0n) is 16.0. The third kappa shape index (κ3) is 5.10. The molecule has 156 valence electrons. The van der Waals surface area contributed by atoms with Crippen molar-refractivity contribution < 1.29 is 13.2 Å². The molecule has 29 heavy (non-hydrogen) atoms. The summed E-state index contributed by atoms with van der Waals surface area (Å²) >= 11 is 8.04. The predicted molar refractivity (Wildman–Crippen MR) is 114 cm³/mol. The number of alkyl halides is 3. The van der Waals surface area contributed by atoms with Crippen LogP contribution in [0.5, 0.6) is 0 Å². The number of hydrogen-bond acceptors (Lipinski definition) is 3. The third-order valence-electron chi connectivity index (χ3n) is 5.83. The largest absolute Gasteiger partial charge is 0.416 e. The average molecular weight is 441 g/mol. The fraction of sp³-hybridized carbons (Fsp3) is 0.455. The van der Waals surface area contributed by atoms with Crippen LogP contribution in [0.25, 0.3) is 0 Å². The molecule has 1 saturated heterocycles. The Morgan fingerprint density at radius 2 is 1.79 bits per heavy atom. The molecule has 4 rings (SSSR count). The summed E-state index contributed by atoms with van der Waals surface area (Å²) < 4.78 is 39.5. The summed E-state index contributed by atoms with van der Waals surface area (Å²) in [5.41, 5.74) is 1.29. The van der Waals surface area contributed by atoms with Crippen LogP contribution in [0.3, 0.4) is 0 Å². The van der Waals surface area contributed by atoms with Gasteiger partial charge in [0.1, 0.15) is 0 Å². The fourth-order valence-electron chi connectivity index (χ4n) is 4.19. The molecule has 2 nitrogen and oxygen atoms in total. The molecule has 1 aliphatic carbocycles. The van der Waals surface area contributed by atoms with Gasteiger partial charge in [0.05, 0.1) is 5.56 Å². The molecule has 0 amide bonds. The van der Waals surface area contributed by atoms with E-state index in [4.69, 9.17) is 11.6 Å². The summed E-state index contributed by atoms with van der Waals surface area (Å²) in [7, 11) is 0. The highest BCUT2D eigenvalue weighted by Crippen LogP contribution is 2.41. The Morgan fingerprint density at radius 3 is 2.55 bits per heavy atom. The van der Waals surface area contributed by atoms with Crippen molar-refractivity contribution in [3.05, 3.63) is 69.6 Å². The molecule has 1 fully saturated rings. The number of thioether (sulfide) groups is 1. The summed E-state index contributed by atoms with van der Waals surface area (Å²) in [5, 5.41) is 3.54. The van der Waals surface area contributed by atoms with Gasteiger partial charge in [-0.3, -0.25) is 4.90 Å². The van der Waals surface area contributed by atoms with Gasteiger partial charge < -0.3 is 4.90 Å². The van der Waals surface area contributed by atoms with Crippen molar-refractivity contribution in [2.45, 2.75) is 17.8 Å². The molecule has 0 spiro atoms. The predicted octanol–water partition coefficient (Wildman–Crippen LogP) is 5.17. The van der Waals surface area contributed by atoms with Crippen LogP contribution in [0, 0.1) is 5.92 Å². The minimum atomic E-state index is -4.29. The Kier molecular flexibility index (Phi) is 6.44. The van der Waals surface area contributed by atoms with E-state index in [-0.39, 0.29) is 0 Å². The topological polar surface area (TPSA) is 6.48 Å². The molecule has 0 radical (unpaired) electrons. The molecule has 0 N–H and O–H groups in total. The zero-order valence-corrected chi connectivity index (χ0v) is 17.6. The first kappa shape index (κ1) is 21.0. The van der Waals surface area contributed by atoms with Crippen LogP contribution >= 0.6 is 23.4 Å². The lowest BCUT2D eigenvalue weighted by molar-refractivity contribution is -0.138. The Morgan fingerprint density at radius 1 is 1.07 bits per heavy atom. The summed E-state index contributed by atoms with van der Waals surface area (Å²) in [6, 6.07) is 5.91. The highest BCUT2D eigenvalue weighted by Gasteiger charge is 2.33. The minimum absolute atomic E-state index is 0.384. The lowest BCUT2D eigenvalue weighted by Crippen LogP contribution is -2.47. The van der Waals surface area contributed by atoms with Crippen LogP contribution in [0.2, 0.25) is 0 Å². The number of benzene rings is 1. The molecule has 0 saturated carbocycles. The van der Waals surface area contributed by atoms with Gasteiger partial charge in [-0.05, 0) is 35.1 Å². The molecular formula is C22H24ClF3N2S. The second kappa shape index (κ2) is 8.88. The van der Waals surface area contributed by atoms with Gasteiger partial charge in [-0.1, -0.05) is 42.0 Å². The first-order chi connectivity index (χ1) is 13.9. The van der Waals surface area contributed by atoms with Crippen molar-refractivity contribution in [2.75, 3.05) is 39.3 Å². The molecule has 2 aliphatic heterocycles. The monoisotopic (exact) mass is 440 g/mol. The minimum Gasteiger partial charge on any atom is -0.300 e. The smallest absolute Gasteiger partial charge is 0.300 e. The second-order valence-corrected chi connectivity index (χ2v) is 9.24. The summed E-state index contributed by atoms with van der Waals surface area (Å²) in [5.74, 6) is 0.384. The Labute approximate surface area is 179 Å². The van der Waals surface area contributed by atoms with E-state index in [1.165, 1.54) is 17.7 Å². The number of hydrogen-bond donors (Lipinski definition) is 0. The lowest BCUT2D eigenvalue weighted by atomic mass is 9.92. The van der Waals surface area contributed by atoms with Crippen molar-refractivity contribution in [2.24, 2.45) is 5.92 Å². The van der Waals surface area contributed by atoms with E-state index in [9.17, 15) is 13.2 Å². The van der Waals surface area contributed by atoms with Crippen LogP contribution in [0.15, 0.2) is 58.5 Å². The van der Waals surface area contributed by atoms with Crippen molar-refractivity contribution in [1.82, 2.24) is 9.80 Å². The lowest BCUT2D eigenvalue weighted by Gasteiger charge is -2.35. The van der Waals surface area contributed by atoms with Gasteiger partial charge in [0.15, 0.2) is 0 Å². The average Bonchev–Trinajstić information content (AvgIpc) is 3.09. The Hall–Kier alpha value is -1.21. The molecule has 0 bridgehead atoms. The van der Waals surface area contributed by atoms with Gasteiger partial charge >= 0.3 is 6.18 Å². The van der Waals surface area contributed by atoms with E-state index in [0.29, 0.717) is 29.7 Å². The zero-order chi connectivity index (χ0) is 20.4. The molecule has 7 heteroatoms. The van der Waals surface area contributed by atoms with Gasteiger partial charge in [0, 0.05) is 55.5 Å². The van der Waals surface area contributed by atoms with Gasteiger partial charge in [-0.15, -0.1) is 11.8 Å². The fourth-order valence-corrected chi connectivity index (χ4v) is 5.55. The quantitative estimate of drug-likeness (QED) is 0.623. The van der Waals surface area contributed by atoms with E-state index < -0.39 is 11.7 Å². The van der Waals surface area contributed by atoms with Crippen molar-refractivity contribution in [3.8, 4) is 0 Å². The number of fused-ring (bicyclic) bond motifs is 1. The number of nitrogens with zero attached hydrogens (tertiary/aromatic N) is 2. The van der Waals surface area contributed by atoms with Crippen LogP contribution < -0.4 is 0 Å². The number of halogens is 4. The van der Waals surface area contributed by atoms with Crippen molar-refractivity contribution in [3.63, 3.8) is 0 Å². The van der Waals surface area contributed by atoms with Gasteiger partial charge in [-0.2, -0.15) is 13.2 Å². The Balaban J connectivity index is 1.26. The van der Waals surface area contributed by atoms with E-state index in [2.05, 4.69) is 27.4 Å². The maximum Gasteiger partial charge on any atom is 0.416 e. The van der Waals surface area contributed by atoms with Crippen LogP contribution in [0.1, 0.15) is 11.1 Å². The normalized spacial score (nSPS) is 25.7. The highest BCUT2D eigenvalue weighted by molar-refractivity contribution is 8.03. The number of piperazine rings is 1.